The lowest BCUT2D eigenvalue weighted by molar-refractivity contribution is -0.136. The molecule has 1 unspecified atom stereocenters. The molecule has 0 bridgehead atoms. The molecule has 1 aromatic carbocycles. The van der Waals surface area contributed by atoms with Gasteiger partial charge in [0, 0.05) is 39.8 Å². The predicted molar refractivity (Wildman–Crippen MR) is 87.3 cm³/mol. The number of fused-ring (bicyclic) bond motifs is 1. The molecular formula is C17H21N3O5. The van der Waals surface area contributed by atoms with Gasteiger partial charge in [0.05, 0.1) is 0 Å². The van der Waals surface area contributed by atoms with Crippen LogP contribution in [0.4, 0.5) is 4.79 Å². The second-order valence-electron chi connectivity index (χ2n) is 6.49. The highest BCUT2D eigenvalue weighted by Gasteiger charge is 2.38. The fourth-order valence-corrected chi connectivity index (χ4v) is 3.36. The molecule has 134 valence electrons. The Bertz CT molecular complexity index is 687. The van der Waals surface area contributed by atoms with E-state index in [4.69, 9.17) is 14.2 Å². The van der Waals surface area contributed by atoms with Crippen molar-refractivity contribution in [1.82, 2.24) is 14.7 Å². The molecule has 1 atom stereocenters. The number of nitrogens with zero attached hydrogens (tertiary/aromatic N) is 3. The van der Waals surface area contributed by atoms with Gasteiger partial charge in [-0.25, -0.2) is 4.79 Å². The van der Waals surface area contributed by atoms with E-state index in [1.807, 2.05) is 23.1 Å². The van der Waals surface area contributed by atoms with Crippen molar-refractivity contribution in [3.05, 3.63) is 23.8 Å². The number of likely N-dealkylation sites (N-methyl/N-ethyl adjacent to an activating group) is 1. The largest absolute Gasteiger partial charge is 0.454 e. The maximum Gasteiger partial charge on any atom is 0.410 e. The molecule has 0 saturated carbocycles. The van der Waals surface area contributed by atoms with Crippen molar-refractivity contribution in [1.29, 1.82) is 0 Å². The summed E-state index contributed by atoms with van der Waals surface area (Å²) in [5.41, 5.74) is 1.17. The van der Waals surface area contributed by atoms with Crippen LogP contribution in [0.25, 0.3) is 0 Å². The molecule has 0 N–H and O–H groups in total. The van der Waals surface area contributed by atoms with Gasteiger partial charge < -0.3 is 19.1 Å². The number of piperazine rings is 1. The lowest BCUT2D eigenvalue weighted by Gasteiger charge is -2.36. The standard InChI is InChI=1S/C17H21N3O5/c1-18-13(10-23-17(18)22)16(21)20-6-4-19(5-7-20)9-12-2-3-14-15(8-12)25-11-24-14/h2-3,8,13H,4-7,9-11H2,1H3. The maximum absolute atomic E-state index is 12.6. The van der Waals surface area contributed by atoms with Crippen LogP contribution in [-0.2, 0) is 16.1 Å². The molecule has 0 aromatic heterocycles. The molecule has 2 fully saturated rings. The molecular weight excluding hydrogens is 326 g/mol. The van der Waals surface area contributed by atoms with Crippen LogP contribution in [-0.4, -0.2) is 79.4 Å². The Hall–Kier alpha value is -2.48. The van der Waals surface area contributed by atoms with Crippen LogP contribution in [0, 0.1) is 0 Å². The van der Waals surface area contributed by atoms with E-state index in [1.165, 1.54) is 10.5 Å². The average molecular weight is 347 g/mol. The van der Waals surface area contributed by atoms with Crippen molar-refractivity contribution in [3.63, 3.8) is 0 Å². The maximum atomic E-state index is 12.6. The highest BCUT2D eigenvalue weighted by atomic mass is 16.7. The Morgan fingerprint density at radius 3 is 2.60 bits per heavy atom. The van der Waals surface area contributed by atoms with Gasteiger partial charge in [-0.2, -0.15) is 0 Å². The van der Waals surface area contributed by atoms with E-state index < -0.39 is 12.1 Å². The molecule has 3 heterocycles. The number of amides is 2. The van der Waals surface area contributed by atoms with Crippen molar-refractivity contribution in [2.75, 3.05) is 46.6 Å². The SMILES string of the molecule is CN1C(=O)OCC1C(=O)N1CCN(Cc2ccc3c(c2)OCO3)CC1. The molecule has 3 aliphatic heterocycles. The van der Waals surface area contributed by atoms with Crippen molar-refractivity contribution < 1.29 is 23.8 Å². The van der Waals surface area contributed by atoms with Crippen LogP contribution >= 0.6 is 0 Å². The molecule has 0 spiro atoms. The number of ether oxygens (including phenoxy) is 3. The summed E-state index contributed by atoms with van der Waals surface area (Å²) < 4.78 is 15.7. The molecule has 0 aliphatic carbocycles. The summed E-state index contributed by atoms with van der Waals surface area (Å²) in [6.07, 6.45) is -0.431. The molecule has 25 heavy (non-hydrogen) atoms. The number of carbonyl (C=O) groups excluding carboxylic acids is 2. The fourth-order valence-electron chi connectivity index (χ4n) is 3.36. The van der Waals surface area contributed by atoms with E-state index in [0.29, 0.717) is 13.1 Å². The lowest BCUT2D eigenvalue weighted by atomic mass is 10.1. The van der Waals surface area contributed by atoms with Crippen LogP contribution < -0.4 is 9.47 Å². The highest BCUT2D eigenvalue weighted by Crippen LogP contribution is 2.32. The van der Waals surface area contributed by atoms with Gasteiger partial charge in [0.25, 0.3) is 0 Å². The summed E-state index contributed by atoms with van der Waals surface area (Å²) >= 11 is 0. The highest BCUT2D eigenvalue weighted by molar-refractivity contribution is 5.87. The van der Waals surface area contributed by atoms with E-state index >= 15 is 0 Å². The van der Waals surface area contributed by atoms with Gasteiger partial charge in [0.1, 0.15) is 12.6 Å². The Morgan fingerprint density at radius 2 is 1.88 bits per heavy atom. The molecule has 2 saturated heterocycles. The van der Waals surface area contributed by atoms with Gasteiger partial charge in [-0.1, -0.05) is 6.07 Å². The predicted octanol–water partition coefficient (Wildman–Crippen LogP) is 0.510. The smallest absolute Gasteiger partial charge is 0.410 e. The fraction of sp³-hybridized carbons (Fsp3) is 0.529. The number of rotatable bonds is 3. The summed E-state index contributed by atoms with van der Waals surface area (Å²) in [7, 11) is 1.60. The molecule has 4 rings (SSSR count). The average Bonchev–Trinajstić information content (AvgIpc) is 3.22. The first-order valence-corrected chi connectivity index (χ1v) is 8.41. The summed E-state index contributed by atoms with van der Waals surface area (Å²) in [6.45, 7) is 4.14. The second-order valence-corrected chi connectivity index (χ2v) is 6.49. The first-order chi connectivity index (χ1) is 12.1. The zero-order chi connectivity index (χ0) is 17.4. The first-order valence-electron chi connectivity index (χ1n) is 8.41. The van der Waals surface area contributed by atoms with Crippen molar-refractivity contribution >= 4 is 12.0 Å². The van der Waals surface area contributed by atoms with Gasteiger partial charge >= 0.3 is 6.09 Å². The van der Waals surface area contributed by atoms with E-state index in [-0.39, 0.29) is 19.3 Å². The zero-order valence-corrected chi connectivity index (χ0v) is 14.1. The molecule has 2 amide bonds. The Balaban J connectivity index is 1.31. The molecule has 0 radical (unpaired) electrons. The van der Waals surface area contributed by atoms with Gasteiger partial charge in [0.2, 0.25) is 12.7 Å². The second kappa shape index (κ2) is 6.44. The van der Waals surface area contributed by atoms with Crippen LogP contribution in [0.3, 0.4) is 0 Å². The third-order valence-corrected chi connectivity index (χ3v) is 4.93. The lowest BCUT2D eigenvalue weighted by Crippen LogP contribution is -2.53. The van der Waals surface area contributed by atoms with Crippen LogP contribution in [0.5, 0.6) is 11.5 Å². The Morgan fingerprint density at radius 1 is 1.12 bits per heavy atom. The minimum Gasteiger partial charge on any atom is -0.454 e. The molecule has 3 aliphatic rings. The Kier molecular flexibility index (Phi) is 4.12. The van der Waals surface area contributed by atoms with Gasteiger partial charge in [-0.15, -0.1) is 0 Å². The summed E-state index contributed by atoms with van der Waals surface area (Å²) in [5.74, 6) is 1.55. The molecule has 8 heteroatoms. The van der Waals surface area contributed by atoms with E-state index in [2.05, 4.69) is 4.90 Å². The molecule has 1 aromatic rings. The topological polar surface area (TPSA) is 71.6 Å². The summed E-state index contributed by atoms with van der Waals surface area (Å²) in [4.78, 5) is 29.5. The Labute approximate surface area is 145 Å². The minimum atomic E-state index is -0.493. The van der Waals surface area contributed by atoms with E-state index in [1.54, 1.807) is 7.05 Å². The van der Waals surface area contributed by atoms with Gasteiger partial charge in [-0.05, 0) is 17.7 Å². The zero-order valence-electron chi connectivity index (χ0n) is 14.1. The van der Waals surface area contributed by atoms with Crippen LogP contribution in [0.15, 0.2) is 18.2 Å². The van der Waals surface area contributed by atoms with Crippen molar-refractivity contribution in [3.8, 4) is 11.5 Å². The van der Waals surface area contributed by atoms with Crippen molar-refractivity contribution in [2.24, 2.45) is 0 Å². The van der Waals surface area contributed by atoms with Crippen LogP contribution in [0.2, 0.25) is 0 Å². The quantitative estimate of drug-likeness (QED) is 0.793. The van der Waals surface area contributed by atoms with Crippen LogP contribution in [0.1, 0.15) is 5.56 Å². The van der Waals surface area contributed by atoms with Gasteiger partial charge in [-0.3, -0.25) is 14.6 Å². The first kappa shape index (κ1) is 16.0. The number of hydrogen-bond donors (Lipinski definition) is 0. The van der Waals surface area contributed by atoms with E-state index in [0.717, 1.165) is 31.1 Å². The third-order valence-electron chi connectivity index (χ3n) is 4.93. The normalized spacial score (nSPS) is 23.1. The number of carbonyl (C=O) groups is 2. The summed E-state index contributed by atoms with van der Waals surface area (Å²) in [5, 5.41) is 0. The number of benzene rings is 1. The third kappa shape index (κ3) is 3.09. The van der Waals surface area contributed by atoms with Gasteiger partial charge in [0.15, 0.2) is 11.5 Å². The monoisotopic (exact) mass is 347 g/mol. The van der Waals surface area contributed by atoms with Crippen molar-refractivity contribution in [2.45, 2.75) is 12.6 Å². The van der Waals surface area contributed by atoms with E-state index in [9.17, 15) is 9.59 Å². The minimum absolute atomic E-state index is 0.0314. The number of cyclic esters (lactones) is 1. The number of hydrogen-bond acceptors (Lipinski definition) is 6. The molecule has 8 nitrogen and oxygen atoms in total. The summed E-state index contributed by atoms with van der Waals surface area (Å²) in [6, 6.07) is 5.50.